The van der Waals surface area contributed by atoms with E-state index in [1.54, 1.807) is 30.3 Å². The predicted molar refractivity (Wildman–Crippen MR) is 110 cm³/mol. The highest BCUT2D eigenvalue weighted by Gasteiger charge is 2.15. The van der Waals surface area contributed by atoms with Crippen molar-refractivity contribution < 1.29 is 9.59 Å². The number of benzene rings is 1. The van der Waals surface area contributed by atoms with Crippen LogP contribution >= 0.6 is 0 Å². The standard InChI is InChI=1S/C21H32N4O2/c1-3-12-22-20(26)18-8-10-19(11-9-18)24-21(27)23-13-4-5-14-25-15-6-7-17(2)16-25/h3,8-11,17H,1,4-7,12-16H2,2H3,(H,22,26)(H2,23,24,27). The van der Waals surface area contributed by atoms with Gasteiger partial charge in [0.2, 0.25) is 0 Å². The van der Waals surface area contributed by atoms with Crippen LogP contribution < -0.4 is 16.0 Å². The number of likely N-dealkylation sites (tertiary alicyclic amines) is 1. The summed E-state index contributed by atoms with van der Waals surface area (Å²) in [5, 5.41) is 8.39. The van der Waals surface area contributed by atoms with Gasteiger partial charge in [-0.15, -0.1) is 6.58 Å². The largest absolute Gasteiger partial charge is 0.349 e. The SMILES string of the molecule is C=CCNC(=O)c1ccc(NC(=O)NCCCCN2CCCC(C)C2)cc1. The zero-order chi connectivity index (χ0) is 19.5. The van der Waals surface area contributed by atoms with E-state index in [4.69, 9.17) is 0 Å². The summed E-state index contributed by atoms with van der Waals surface area (Å²) in [5.74, 6) is 0.649. The normalized spacial score (nSPS) is 17.1. The minimum absolute atomic E-state index is 0.158. The van der Waals surface area contributed by atoms with Gasteiger partial charge in [-0.1, -0.05) is 13.0 Å². The van der Waals surface area contributed by atoms with Gasteiger partial charge in [0.25, 0.3) is 5.91 Å². The molecule has 1 aliphatic rings. The molecule has 1 aromatic carbocycles. The van der Waals surface area contributed by atoms with Crippen LogP contribution in [0, 0.1) is 5.92 Å². The molecule has 0 bridgehead atoms. The van der Waals surface area contributed by atoms with E-state index in [0.717, 1.165) is 25.3 Å². The highest BCUT2D eigenvalue weighted by Crippen LogP contribution is 2.15. The minimum Gasteiger partial charge on any atom is -0.349 e. The number of carbonyl (C=O) groups is 2. The molecule has 0 saturated carbocycles. The summed E-state index contributed by atoms with van der Waals surface area (Å²) in [6.45, 7) is 10.5. The van der Waals surface area contributed by atoms with E-state index >= 15 is 0 Å². The van der Waals surface area contributed by atoms with Crippen molar-refractivity contribution in [2.45, 2.75) is 32.6 Å². The lowest BCUT2D eigenvalue weighted by atomic mass is 10.0. The Hall–Kier alpha value is -2.34. The van der Waals surface area contributed by atoms with Gasteiger partial charge in [0.05, 0.1) is 0 Å². The van der Waals surface area contributed by atoms with Crippen LogP contribution in [0.15, 0.2) is 36.9 Å². The number of unbranched alkanes of at least 4 members (excludes halogenated alkanes) is 1. The van der Waals surface area contributed by atoms with Crippen molar-refractivity contribution in [3.05, 3.63) is 42.5 Å². The molecule has 2 rings (SSSR count). The van der Waals surface area contributed by atoms with Crippen LogP contribution in [0.5, 0.6) is 0 Å². The zero-order valence-electron chi connectivity index (χ0n) is 16.3. The lowest BCUT2D eigenvalue weighted by molar-refractivity contribution is 0.0958. The second-order valence-corrected chi connectivity index (χ2v) is 7.21. The van der Waals surface area contributed by atoms with Gasteiger partial charge in [-0.2, -0.15) is 0 Å². The molecule has 6 heteroatoms. The Kier molecular flexibility index (Phi) is 8.84. The van der Waals surface area contributed by atoms with E-state index < -0.39 is 0 Å². The molecule has 3 amide bonds. The highest BCUT2D eigenvalue weighted by atomic mass is 16.2. The van der Waals surface area contributed by atoms with Crippen LogP contribution in [-0.4, -0.2) is 49.6 Å². The van der Waals surface area contributed by atoms with Crippen molar-refractivity contribution in [1.82, 2.24) is 15.5 Å². The number of hydrogen-bond donors (Lipinski definition) is 3. The van der Waals surface area contributed by atoms with E-state index in [1.165, 1.54) is 25.9 Å². The van der Waals surface area contributed by atoms with Crippen molar-refractivity contribution in [3.8, 4) is 0 Å². The van der Waals surface area contributed by atoms with Gasteiger partial charge >= 0.3 is 6.03 Å². The number of nitrogens with one attached hydrogen (secondary N) is 3. The molecule has 1 aromatic rings. The van der Waals surface area contributed by atoms with Crippen molar-refractivity contribution in [2.24, 2.45) is 5.92 Å². The Labute approximate surface area is 162 Å². The Morgan fingerprint density at radius 2 is 2.00 bits per heavy atom. The van der Waals surface area contributed by atoms with Gasteiger partial charge in [-0.25, -0.2) is 4.79 Å². The monoisotopic (exact) mass is 372 g/mol. The van der Waals surface area contributed by atoms with E-state index in [9.17, 15) is 9.59 Å². The molecule has 0 aliphatic carbocycles. The molecule has 1 heterocycles. The second-order valence-electron chi connectivity index (χ2n) is 7.21. The topological polar surface area (TPSA) is 73.5 Å². The highest BCUT2D eigenvalue weighted by molar-refractivity contribution is 5.95. The van der Waals surface area contributed by atoms with E-state index in [2.05, 4.69) is 34.4 Å². The second kappa shape index (κ2) is 11.4. The van der Waals surface area contributed by atoms with Gasteiger partial charge in [-0.3, -0.25) is 4.79 Å². The number of carbonyl (C=O) groups excluding carboxylic acids is 2. The molecule has 0 spiro atoms. The molecule has 0 aromatic heterocycles. The number of piperidine rings is 1. The van der Waals surface area contributed by atoms with Crippen LogP contribution in [0.4, 0.5) is 10.5 Å². The van der Waals surface area contributed by atoms with Crippen molar-refractivity contribution in [1.29, 1.82) is 0 Å². The average molecular weight is 373 g/mol. The first-order valence-corrected chi connectivity index (χ1v) is 9.85. The minimum atomic E-state index is -0.217. The lowest BCUT2D eigenvalue weighted by Gasteiger charge is -2.30. The molecule has 0 radical (unpaired) electrons. The van der Waals surface area contributed by atoms with Crippen LogP contribution in [0.1, 0.15) is 43.0 Å². The molecule has 148 valence electrons. The maximum atomic E-state index is 12.0. The number of amides is 3. The molecular weight excluding hydrogens is 340 g/mol. The third-order valence-electron chi connectivity index (χ3n) is 4.74. The first kappa shape index (κ1) is 21.0. The molecule has 27 heavy (non-hydrogen) atoms. The Balaban J connectivity index is 1.61. The molecule has 3 N–H and O–H groups in total. The summed E-state index contributed by atoms with van der Waals surface area (Å²) in [6.07, 6.45) is 6.35. The van der Waals surface area contributed by atoms with Crippen LogP contribution in [-0.2, 0) is 0 Å². The fourth-order valence-electron chi connectivity index (χ4n) is 3.30. The number of urea groups is 1. The van der Waals surface area contributed by atoms with Gasteiger partial charge in [0.15, 0.2) is 0 Å². The van der Waals surface area contributed by atoms with Crippen LogP contribution in [0.25, 0.3) is 0 Å². The fourth-order valence-corrected chi connectivity index (χ4v) is 3.30. The van der Waals surface area contributed by atoms with Crippen molar-refractivity contribution in [3.63, 3.8) is 0 Å². The fraction of sp³-hybridized carbons (Fsp3) is 0.524. The molecule has 1 fully saturated rings. The van der Waals surface area contributed by atoms with E-state index in [-0.39, 0.29) is 11.9 Å². The molecule has 1 atom stereocenters. The van der Waals surface area contributed by atoms with Crippen molar-refractivity contribution in [2.75, 3.05) is 38.0 Å². The molecule has 1 unspecified atom stereocenters. The summed E-state index contributed by atoms with van der Waals surface area (Å²) in [4.78, 5) is 26.3. The van der Waals surface area contributed by atoms with Crippen LogP contribution in [0.2, 0.25) is 0 Å². The Morgan fingerprint density at radius 3 is 2.70 bits per heavy atom. The summed E-state index contributed by atoms with van der Waals surface area (Å²) in [5.41, 5.74) is 1.21. The smallest absolute Gasteiger partial charge is 0.319 e. The van der Waals surface area contributed by atoms with Crippen LogP contribution in [0.3, 0.4) is 0 Å². The molecule has 1 saturated heterocycles. The van der Waals surface area contributed by atoms with E-state index in [0.29, 0.717) is 24.3 Å². The van der Waals surface area contributed by atoms with Gasteiger partial charge < -0.3 is 20.9 Å². The third-order valence-corrected chi connectivity index (χ3v) is 4.74. The molecule has 6 nitrogen and oxygen atoms in total. The lowest BCUT2D eigenvalue weighted by Crippen LogP contribution is -2.35. The quantitative estimate of drug-likeness (QED) is 0.460. The Bertz CT molecular complexity index is 615. The summed E-state index contributed by atoms with van der Waals surface area (Å²) in [6, 6.07) is 6.60. The van der Waals surface area contributed by atoms with Gasteiger partial charge in [0.1, 0.15) is 0 Å². The number of hydrogen-bond acceptors (Lipinski definition) is 3. The third kappa shape index (κ3) is 7.83. The van der Waals surface area contributed by atoms with Gasteiger partial charge in [-0.05, 0) is 69.0 Å². The maximum absolute atomic E-state index is 12.0. The predicted octanol–water partition coefficient (Wildman–Crippen LogP) is 3.24. The number of nitrogens with zero attached hydrogens (tertiary/aromatic N) is 1. The average Bonchev–Trinajstić information content (AvgIpc) is 2.66. The summed E-state index contributed by atoms with van der Waals surface area (Å²) >= 11 is 0. The van der Waals surface area contributed by atoms with E-state index in [1.807, 2.05) is 0 Å². The number of anilines is 1. The zero-order valence-corrected chi connectivity index (χ0v) is 16.3. The van der Waals surface area contributed by atoms with Crippen molar-refractivity contribution >= 4 is 17.6 Å². The number of rotatable bonds is 9. The first-order chi connectivity index (χ1) is 13.1. The molecular formula is C21H32N4O2. The summed E-state index contributed by atoms with van der Waals surface area (Å²) < 4.78 is 0. The summed E-state index contributed by atoms with van der Waals surface area (Å²) in [7, 11) is 0. The van der Waals surface area contributed by atoms with Gasteiger partial charge in [0, 0.05) is 30.9 Å². The first-order valence-electron chi connectivity index (χ1n) is 9.85. The maximum Gasteiger partial charge on any atom is 0.319 e. The molecule has 1 aliphatic heterocycles. The Morgan fingerprint density at radius 1 is 1.22 bits per heavy atom.